The average molecular weight is 408 g/mol. The number of carbonyl (C=O) groups is 1. The topological polar surface area (TPSA) is 67.2 Å². The quantitative estimate of drug-likeness (QED) is 0.462. The maximum atomic E-state index is 12.3. The molecule has 0 aliphatic heterocycles. The van der Waals surface area contributed by atoms with Gasteiger partial charge in [0.25, 0.3) is 11.9 Å². The maximum absolute atomic E-state index is 12.3. The fourth-order valence-corrected chi connectivity index (χ4v) is 2.79. The third-order valence-corrected chi connectivity index (χ3v) is 4.30. The lowest BCUT2D eigenvalue weighted by Crippen LogP contribution is -2.11. The number of halogens is 1. The van der Waals surface area contributed by atoms with E-state index in [9.17, 15) is 4.79 Å². The third kappa shape index (κ3) is 3.60. The fourth-order valence-electron chi connectivity index (χ4n) is 2.53. The van der Waals surface area contributed by atoms with E-state index in [1.54, 1.807) is 12.1 Å². The van der Waals surface area contributed by atoms with Gasteiger partial charge in [0.2, 0.25) is 0 Å². The van der Waals surface area contributed by atoms with Crippen molar-refractivity contribution >= 4 is 50.3 Å². The molecule has 0 saturated heterocycles. The molecule has 1 heterocycles. The van der Waals surface area contributed by atoms with Crippen LogP contribution in [0.1, 0.15) is 10.4 Å². The molecule has 1 amide bonds. The summed E-state index contributed by atoms with van der Waals surface area (Å²) >= 11 is 3.36. The highest BCUT2D eigenvalue weighted by atomic mass is 79.9. The molecule has 4 aromatic rings. The molecule has 2 N–H and O–H groups in total. The van der Waals surface area contributed by atoms with Crippen LogP contribution in [0.3, 0.4) is 0 Å². The zero-order valence-electron chi connectivity index (χ0n) is 13.6. The van der Waals surface area contributed by atoms with Crippen molar-refractivity contribution in [2.24, 2.45) is 0 Å². The Morgan fingerprint density at radius 3 is 2.50 bits per heavy atom. The van der Waals surface area contributed by atoms with E-state index in [2.05, 4.69) is 31.5 Å². The molecule has 0 saturated carbocycles. The van der Waals surface area contributed by atoms with Gasteiger partial charge in [-0.2, -0.15) is 4.98 Å². The first-order valence-electron chi connectivity index (χ1n) is 7.97. The summed E-state index contributed by atoms with van der Waals surface area (Å²) in [5.41, 5.74) is 3.54. The summed E-state index contributed by atoms with van der Waals surface area (Å²) < 4.78 is 6.59. The maximum Gasteiger partial charge on any atom is 0.300 e. The first kappa shape index (κ1) is 16.4. The van der Waals surface area contributed by atoms with E-state index in [-0.39, 0.29) is 5.91 Å². The van der Waals surface area contributed by atoms with E-state index in [4.69, 9.17) is 4.42 Å². The number of fused-ring (bicyclic) bond motifs is 1. The fraction of sp³-hybridized carbons (Fsp3) is 0. The molecular formula is C20H14BrN3O2. The van der Waals surface area contributed by atoms with E-state index in [0.29, 0.717) is 17.3 Å². The monoisotopic (exact) mass is 407 g/mol. The molecule has 5 nitrogen and oxygen atoms in total. The SMILES string of the molecule is O=C(Nc1cccc(Nc2nc3ccccc3o2)c1)c1ccc(Br)cc1. The highest BCUT2D eigenvalue weighted by Crippen LogP contribution is 2.24. The van der Waals surface area contributed by atoms with Gasteiger partial charge >= 0.3 is 0 Å². The van der Waals surface area contributed by atoms with E-state index < -0.39 is 0 Å². The second kappa shape index (κ2) is 7.01. The number of para-hydroxylation sites is 2. The summed E-state index contributed by atoms with van der Waals surface area (Å²) in [5, 5.41) is 6.00. The number of rotatable bonds is 4. The minimum atomic E-state index is -0.170. The minimum absolute atomic E-state index is 0.170. The Labute approximate surface area is 158 Å². The molecule has 128 valence electrons. The van der Waals surface area contributed by atoms with Gasteiger partial charge in [-0.05, 0) is 54.6 Å². The summed E-state index contributed by atoms with van der Waals surface area (Å²) in [6.07, 6.45) is 0. The lowest BCUT2D eigenvalue weighted by Gasteiger charge is -2.08. The van der Waals surface area contributed by atoms with E-state index in [0.717, 1.165) is 21.3 Å². The summed E-state index contributed by atoms with van der Waals surface area (Å²) in [5.74, 6) is -0.170. The van der Waals surface area contributed by atoms with Crippen LogP contribution in [0.4, 0.5) is 17.4 Å². The van der Waals surface area contributed by atoms with Crippen LogP contribution in [-0.2, 0) is 0 Å². The van der Waals surface area contributed by atoms with Crippen molar-refractivity contribution in [3.63, 3.8) is 0 Å². The molecule has 3 aromatic carbocycles. The van der Waals surface area contributed by atoms with Crippen LogP contribution in [0.5, 0.6) is 0 Å². The molecule has 0 radical (unpaired) electrons. The zero-order valence-corrected chi connectivity index (χ0v) is 15.2. The molecule has 0 bridgehead atoms. The smallest absolute Gasteiger partial charge is 0.300 e. The number of nitrogens with zero attached hydrogens (tertiary/aromatic N) is 1. The Hall–Kier alpha value is -3.12. The second-order valence-electron chi connectivity index (χ2n) is 5.65. The van der Waals surface area contributed by atoms with Crippen molar-refractivity contribution in [2.45, 2.75) is 0 Å². The number of amides is 1. The molecule has 0 unspecified atom stereocenters. The zero-order chi connectivity index (χ0) is 17.9. The van der Waals surface area contributed by atoms with Gasteiger partial charge in [0.05, 0.1) is 0 Å². The lowest BCUT2D eigenvalue weighted by molar-refractivity contribution is 0.102. The average Bonchev–Trinajstić information content (AvgIpc) is 3.04. The minimum Gasteiger partial charge on any atom is -0.423 e. The van der Waals surface area contributed by atoms with Crippen LogP contribution in [0.25, 0.3) is 11.1 Å². The Balaban J connectivity index is 1.50. The van der Waals surface area contributed by atoms with Crippen molar-refractivity contribution in [1.29, 1.82) is 0 Å². The van der Waals surface area contributed by atoms with Crippen LogP contribution < -0.4 is 10.6 Å². The molecule has 0 fully saturated rings. The van der Waals surface area contributed by atoms with Crippen molar-refractivity contribution < 1.29 is 9.21 Å². The largest absolute Gasteiger partial charge is 0.423 e. The Morgan fingerprint density at radius 1 is 0.923 bits per heavy atom. The number of carbonyl (C=O) groups excluding carboxylic acids is 1. The predicted octanol–water partition coefficient (Wildman–Crippen LogP) is 5.59. The van der Waals surface area contributed by atoms with Crippen LogP contribution in [0, 0.1) is 0 Å². The first-order valence-corrected chi connectivity index (χ1v) is 8.76. The number of hydrogen-bond donors (Lipinski definition) is 2. The summed E-state index contributed by atoms with van der Waals surface area (Å²) in [4.78, 5) is 16.7. The van der Waals surface area contributed by atoms with E-state index >= 15 is 0 Å². The molecule has 0 spiro atoms. The van der Waals surface area contributed by atoms with Gasteiger partial charge in [0, 0.05) is 21.4 Å². The van der Waals surface area contributed by atoms with Gasteiger partial charge in [-0.25, -0.2) is 0 Å². The second-order valence-corrected chi connectivity index (χ2v) is 6.57. The number of oxazole rings is 1. The molecule has 0 atom stereocenters. The van der Waals surface area contributed by atoms with E-state index in [1.807, 2.05) is 60.7 Å². The van der Waals surface area contributed by atoms with Gasteiger partial charge in [-0.15, -0.1) is 0 Å². The number of benzene rings is 3. The predicted molar refractivity (Wildman–Crippen MR) is 106 cm³/mol. The van der Waals surface area contributed by atoms with Gasteiger partial charge in [0.15, 0.2) is 5.58 Å². The van der Waals surface area contributed by atoms with Crippen LogP contribution in [0.2, 0.25) is 0 Å². The molecule has 6 heteroatoms. The van der Waals surface area contributed by atoms with Crippen LogP contribution >= 0.6 is 15.9 Å². The van der Waals surface area contributed by atoms with Gasteiger partial charge in [-0.3, -0.25) is 4.79 Å². The number of aromatic nitrogens is 1. The van der Waals surface area contributed by atoms with Crippen molar-refractivity contribution in [3.8, 4) is 0 Å². The normalized spacial score (nSPS) is 10.7. The van der Waals surface area contributed by atoms with Gasteiger partial charge in [-0.1, -0.05) is 34.1 Å². The first-order chi connectivity index (χ1) is 12.7. The lowest BCUT2D eigenvalue weighted by atomic mass is 10.2. The van der Waals surface area contributed by atoms with E-state index in [1.165, 1.54) is 0 Å². The molecular weight excluding hydrogens is 394 g/mol. The number of nitrogens with one attached hydrogen (secondary N) is 2. The third-order valence-electron chi connectivity index (χ3n) is 3.77. The highest BCUT2D eigenvalue weighted by molar-refractivity contribution is 9.10. The molecule has 1 aromatic heterocycles. The van der Waals surface area contributed by atoms with Crippen molar-refractivity contribution in [2.75, 3.05) is 10.6 Å². The molecule has 0 aliphatic carbocycles. The summed E-state index contributed by atoms with van der Waals surface area (Å²) in [7, 11) is 0. The number of anilines is 3. The van der Waals surface area contributed by atoms with Crippen LogP contribution in [-0.4, -0.2) is 10.9 Å². The standard InChI is InChI=1S/C20H14BrN3O2/c21-14-10-8-13(9-11-14)19(25)22-15-4-3-5-16(12-15)23-20-24-17-6-1-2-7-18(17)26-20/h1-12H,(H,22,25)(H,23,24). The Bertz CT molecular complexity index is 1040. The highest BCUT2D eigenvalue weighted by Gasteiger charge is 2.08. The van der Waals surface area contributed by atoms with Gasteiger partial charge < -0.3 is 15.1 Å². The van der Waals surface area contributed by atoms with Crippen LogP contribution in [0.15, 0.2) is 81.7 Å². The van der Waals surface area contributed by atoms with Gasteiger partial charge in [0.1, 0.15) is 5.52 Å². The summed E-state index contributed by atoms with van der Waals surface area (Å²) in [6, 6.07) is 22.5. The number of hydrogen-bond acceptors (Lipinski definition) is 4. The molecule has 0 aliphatic rings. The summed E-state index contributed by atoms with van der Waals surface area (Å²) in [6.45, 7) is 0. The molecule has 4 rings (SSSR count). The van der Waals surface area contributed by atoms with Crippen molar-refractivity contribution in [1.82, 2.24) is 4.98 Å². The van der Waals surface area contributed by atoms with Crippen molar-refractivity contribution in [3.05, 3.63) is 82.8 Å². The molecule has 26 heavy (non-hydrogen) atoms. The Morgan fingerprint density at radius 2 is 1.69 bits per heavy atom. The Kier molecular flexibility index (Phi) is 4.41.